The molecule has 2 fully saturated rings. The van der Waals surface area contributed by atoms with Crippen LogP contribution in [0.5, 0.6) is 0 Å². The zero-order valence-corrected chi connectivity index (χ0v) is 32.2. The largest absolute Gasteiger partial charge is 0.480 e. The zero-order chi connectivity index (χ0) is 37.7. The second kappa shape index (κ2) is 21.0. The number of aliphatic hydroxyl groups excluding tert-OH is 1. The van der Waals surface area contributed by atoms with Crippen molar-refractivity contribution in [3.63, 3.8) is 0 Å². The Hall–Kier alpha value is -2.89. The number of nitrogens with zero attached hydrogens (tertiary/aromatic N) is 2. The van der Waals surface area contributed by atoms with Gasteiger partial charge in [-0.05, 0) is 99.6 Å². The van der Waals surface area contributed by atoms with Crippen LogP contribution in [0.4, 0.5) is 0 Å². The molecular formula is C34H42Cl2N4O8S3. The Morgan fingerprint density at radius 3 is 1.65 bits per heavy atom. The van der Waals surface area contributed by atoms with Gasteiger partial charge in [0.25, 0.3) is 0 Å². The lowest BCUT2D eigenvalue weighted by molar-refractivity contribution is -0.145. The first-order valence-corrected chi connectivity index (χ1v) is 20.7. The number of aliphatic carboxylic acids is 1. The van der Waals surface area contributed by atoms with Gasteiger partial charge in [-0.1, -0.05) is 0 Å². The molecule has 4 aromatic heterocycles. The number of halogens is 2. The van der Waals surface area contributed by atoms with Crippen molar-refractivity contribution in [2.75, 3.05) is 13.2 Å². The third-order valence-corrected chi connectivity index (χ3v) is 10.5. The first-order chi connectivity index (χ1) is 24.2. The molecule has 12 nitrogen and oxygen atoms in total. The molecule has 0 bridgehead atoms. The molecule has 0 amide bonds. The minimum atomic E-state index is -1.67. The predicted molar refractivity (Wildman–Crippen MR) is 203 cm³/mol. The average molecular weight is 802 g/mol. The van der Waals surface area contributed by atoms with Gasteiger partial charge >= 0.3 is 11.9 Å². The number of ketones is 2. The maximum Gasteiger partial charge on any atom is 0.322 e. The van der Waals surface area contributed by atoms with Gasteiger partial charge in [-0.3, -0.25) is 29.1 Å². The summed E-state index contributed by atoms with van der Waals surface area (Å²) in [6, 6.07) is 5.67. The Morgan fingerprint density at radius 2 is 1.29 bits per heavy atom. The van der Waals surface area contributed by atoms with E-state index in [1.165, 1.54) is 35.5 Å². The molecule has 0 spiro atoms. The highest BCUT2D eigenvalue weighted by atomic mass is 36.0. The number of Topliss-reactive ketones (excluding diaryl/α,β-unsaturated/α-hetero) is 2. The van der Waals surface area contributed by atoms with E-state index in [9.17, 15) is 19.2 Å². The van der Waals surface area contributed by atoms with Crippen molar-refractivity contribution in [3.05, 3.63) is 57.5 Å². The van der Waals surface area contributed by atoms with E-state index in [-0.39, 0.29) is 30.8 Å². The molecule has 0 aliphatic heterocycles. The van der Waals surface area contributed by atoms with Crippen molar-refractivity contribution in [2.45, 2.75) is 77.3 Å². The van der Waals surface area contributed by atoms with E-state index < -0.39 is 33.2 Å². The molecule has 51 heavy (non-hydrogen) atoms. The first kappa shape index (κ1) is 42.5. The molecule has 4 heterocycles. The molecule has 0 saturated heterocycles. The van der Waals surface area contributed by atoms with Crippen molar-refractivity contribution in [3.8, 4) is 0 Å². The van der Waals surface area contributed by atoms with Gasteiger partial charge in [-0.2, -0.15) is 0 Å². The number of hydrogen-bond donors (Lipinski definition) is 4. The molecule has 6 N–H and O–H groups in total. The number of thiophene rings is 2. The molecule has 17 heteroatoms. The predicted octanol–water partition coefficient (Wildman–Crippen LogP) is 6.26. The van der Waals surface area contributed by atoms with Gasteiger partial charge < -0.3 is 26.4 Å². The third-order valence-electron chi connectivity index (χ3n) is 7.87. The Labute approximate surface area is 315 Å². The standard InChI is InChI=1S/C17H20N2O3S.C13H14N2O3S.C4H8O.Cl2OS/c1-10-6-7-19-13-8-15(23-16(10)13)14(20)5-4-12(18)17(21)22-9-11-2-3-11;1-7-4-5-15-9-6-11(19-12(7)9)10(16)3-2-8(14)13(17)18;5-3-4-1-2-4;1-4(2)3/h6-8,11-12H,2-5,9,18H2,1H3;4-6,8H,2-3,14H2,1H3,(H,17,18);4-5H,1-3H2;/t12-;8-;;/m11../s1. The van der Waals surface area contributed by atoms with Gasteiger partial charge in [0.05, 0.1) is 36.8 Å². The van der Waals surface area contributed by atoms with Gasteiger partial charge in [0.2, 0.25) is 9.23 Å². The topological polar surface area (TPSA) is 213 Å². The number of aromatic nitrogens is 2. The van der Waals surface area contributed by atoms with E-state index in [1.54, 1.807) is 18.5 Å². The summed E-state index contributed by atoms with van der Waals surface area (Å²) in [5.74, 6) is -0.366. The minimum absolute atomic E-state index is 0.00200. The number of fused-ring (bicyclic) bond motifs is 2. The Balaban J connectivity index is 0.000000224. The lowest BCUT2D eigenvalue weighted by Crippen LogP contribution is -2.33. The maximum absolute atomic E-state index is 12.3. The summed E-state index contributed by atoms with van der Waals surface area (Å²) >= 11 is 2.84. The molecule has 2 atom stereocenters. The quantitative estimate of drug-likeness (QED) is 0.0670. The minimum Gasteiger partial charge on any atom is -0.480 e. The Bertz CT molecular complexity index is 1820. The molecule has 2 saturated carbocycles. The fourth-order valence-corrected chi connectivity index (χ4v) is 6.46. The molecule has 0 radical (unpaired) electrons. The van der Waals surface area contributed by atoms with Crippen LogP contribution >= 0.6 is 44.0 Å². The number of ether oxygens (including phenoxy) is 1. The number of esters is 1. The van der Waals surface area contributed by atoms with Crippen molar-refractivity contribution in [2.24, 2.45) is 23.3 Å². The van der Waals surface area contributed by atoms with Crippen LogP contribution in [0.2, 0.25) is 0 Å². The summed E-state index contributed by atoms with van der Waals surface area (Å²) in [7, 11) is 7.36. The second-order valence-corrected chi connectivity index (χ2v) is 16.9. The van der Waals surface area contributed by atoms with E-state index in [0.717, 1.165) is 44.4 Å². The first-order valence-electron chi connectivity index (χ1n) is 16.2. The van der Waals surface area contributed by atoms with Crippen molar-refractivity contribution < 1.29 is 38.3 Å². The van der Waals surface area contributed by atoms with Crippen LogP contribution in [0.15, 0.2) is 36.7 Å². The number of carbonyl (C=O) groups excluding carboxylic acids is 3. The van der Waals surface area contributed by atoms with Crippen molar-refractivity contribution in [1.82, 2.24) is 9.97 Å². The Morgan fingerprint density at radius 1 is 0.863 bits per heavy atom. The van der Waals surface area contributed by atoms with Crippen LogP contribution in [0, 0.1) is 25.7 Å². The van der Waals surface area contributed by atoms with Crippen LogP contribution in [0.1, 0.15) is 81.8 Å². The van der Waals surface area contributed by atoms with Gasteiger partial charge in [0.15, 0.2) is 11.6 Å². The van der Waals surface area contributed by atoms with E-state index in [0.29, 0.717) is 41.2 Å². The highest BCUT2D eigenvalue weighted by molar-refractivity contribution is 8.26. The highest BCUT2D eigenvalue weighted by Crippen LogP contribution is 2.30. The normalized spacial score (nSPS) is 14.7. The SMILES string of the molecule is Cc1ccnc2cc(C(=O)CC[C@@H](N)C(=O)O)sc12.Cc1ccnc2cc(C(=O)CC[C@@H](N)C(=O)OCC3CC3)sc12.O=S(Cl)Cl.OCC1CC1. The fraction of sp³-hybridized carbons (Fsp3) is 0.471. The number of aliphatic hydroxyl groups is 1. The summed E-state index contributed by atoms with van der Waals surface area (Å²) in [4.78, 5) is 56.4. The Kier molecular flexibility index (Phi) is 17.5. The molecule has 2 aliphatic carbocycles. The van der Waals surface area contributed by atoms with Crippen LogP contribution in [0.3, 0.4) is 0 Å². The molecule has 6 rings (SSSR count). The summed E-state index contributed by atoms with van der Waals surface area (Å²) in [6.07, 6.45) is 9.06. The lowest BCUT2D eigenvalue weighted by atomic mass is 10.1. The number of rotatable bonds is 13. The highest BCUT2D eigenvalue weighted by Gasteiger charge is 2.25. The maximum atomic E-state index is 12.3. The number of carboxylic acid groups (broad SMARTS) is 1. The van der Waals surface area contributed by atoms with Gasteiger partial charge in [-0.25, -0.2) is 4.21 Å². The zero-order valence-electron chi connectivity index (χ0n) is 28.2. The monoisotopic (exact) mass is 800 g/mol. The van der Waals surface area contributed by atoms with E-state index >= 15 is 0 Å². The van der Waals surface area contributed by atoms with Gasteiger partial charge in [-0.15, -0.1) is 22.7 Å². The van der Waals surface area contributed by atoms with E-state index in [1.807, 2.05) is 32.0 Å². The fourth-order valence-electron chi connectivity index (χ4n) is 4.36. The van der Waals surface area contributed by atoms with Crippen LogP contribution in [0.25, 0.3) is 20.4 Å². The molecule has 0 unspecified atom stereocenters. The number of hydrogen-bond acceptors (Lipinski definition) is 13. The smallest absolute Gasteiger partial charge is 0.322 e. The summed E-state index contributed by atoms with van der Waals surface area (Å²) in [5.41, 5.74) is 15.0. The summed E-state index contributed by atoms with van der Waals surface area (Å²) in [5, 5.41) is 16.9. The summed E-state index contributed by atoms with van der Waals surface area (Å²) < 4.78 is 16.3. The number of nitrogens with two attached hydrogens (primary N) is 2. The number of aryl methyl sites for hydroxylation is 2. The van der Waals surface area contributed by atoms with Gasteiger partial charge in [0.1, 0.15) is 12.1 Å². The second-order valence-electron chi connectivity index (χ2n) is 12.3. The lowest BCUT2D eigenvalue weighted by Gasteiger charge is -2.10. The average Bonchev–Trinajstić information content (AvgIpc) is 4.02. The van der Waals surface area contributed by atoms with Crippen molar-refractivity contribution in [1.29, 1.82) is 0 Å². The van der Waals surface area contributed by atoms with Crippen LogP contribution in [-0.2, 0) is 23.6 Å². The van der Waals surface area contributed by atoms with Crippen molar-refractivity contribution >= 4 is 97.2 Å². The van der Waals surface area contributed by atoms with E-state index in [4.69, 9.17) is 30.6 Å². The number of pyridine rings is 2. The van der Waals surface area contributed by atoms with Gasteiger partial charge in [0, 0.05) is 53.2 Å². The summed E-state index contributed by atoms with van der Waals surface area (Å²) in [6.45, 7) is 4.84. The number of carboxylic acids is 1. The molecular weight excluding hydrogens is 760 g/mol. The molecule has 2 aliphatic rings. The molecule has 4 aromatic rings. The van der Waals surface area contributed by atoms with E-state index in [2.05, 4.69) is 31.3 Å². The number of carbonyl (C=O) groups is 4. The van der Waals surface area contributed by atoms with Crippen LogP contribution < -0.4 is 11.5 Å². The molecule has 278 valence electrons. The molecule has 0 aromatic carbocycles. The third kappa shape index (κ3) is 14.9. The van der Waals surface area contributed by atoms with Crippen LogP contribution in [-0.4, -0.2) is 73.2 Å².